The second-order valence-electron chi connectivity index (χ2n) is 4.26. The number of ether oxygens (including phenoxy) is 2. The summed E-state index contributed by atoms with van der Waals surface area (Å²) < 4.78 is 10.9. The lowest BCUT2D eigenvalue weighted by molar-refractivity contribution is -0.120. The molecule has 0 saturated carbocycles. The fourth-order valence-electron chi connectivity index (χ4n) is 1.51. The Kier molecular flexibility index (Phi) is 5.68. The number of amides is 1. The fraction of sp³-hybridized carbons (Fsp3) is 0.429. The van der Waals surface area contributed by atoms with E-state index in [-0.39, 0.29) is 18.4 Å². The Bertz CT molecular complexity index is 478. The van der Waals surface area contributed by atoms with Gasteiger partial charge in [-0.25, -0.2) is 0 Å². The summed E-state index contributed by atoms with van der Waals surface area (Å²) >= 11 is 0. The normalized spacial score (nSPS) is 9.84. The Labute approximate surface area is 113 Å². The van der Waals surface area contributed by atoms with Gasteiger partial charge in [0.05, 0.1) is 19.3 Å². The first-order chi connectivity index (χ1) is 9.06. The van der Waals surface area contributed by atoms with Crippen LogP contribution in [-0.4, -0.2) is 19.1 Å². The number of hydrogen-bond acceptors (Lipinski definition) is 4. The number of benzene rings is 1. The number of nitriles is 1. The van der Waals surface area contributed by atoms with E-state index >= 15 is 0 Å². The molecular weight excluding hydrogens is 244 g/mol. The molecule has 0 unspecified atom stereocenters. The van der Waals surface area contributed by atoms with Crippen LogP contribution in [0.5, 0.6) is 11.5 Å². The highest BCUT2D eigenvalue weighted by Gasteiger charge is 2.08. The molecule has 1 aromatic carbocycles. The minimum atomic E-state index is -0.288. The second kappa shape index (κ2) is 7.27. The van der Waals surface area contributed by atoms with E-state index in [1.807, 2.05) is 32.0 Å². The van der Waals surface area contributed by atoms with Crippen LogP contribution in [0.4, 0.5) is 0 Å². The summed E-state index contributed by atoms with van der Waals surface area (Å²) in [6, 6.07) is 7.27. The number of nitrogens with one attached hydrogen (secondary N) is 1. The number of carbonyl (C=O) groups excluding carboxylic acids is 1. The largest absolute Gasteiger partial charge is 0.493 e. The third-order valence-electron chi connectivity index (χ3n) is 2.32. The van der Waals surface area contributed by atoms with Crippen molar-refractivity contribution in [1.82, 2.24) is 5.32 Å². The maximum Gasteiger partial charge on any atom is 0.234 e. The highest BCUT2D eigenvalue weighted by Crippen LogP contribution is 2.28. The van der Waals surface area contributed by atoms with Gasteiger partial charge in [0, 0.05) is 6.54 Å². The zero-order valence-corrected chi connectivity index (χ0v) is 11.4. The maximum atomic E-state index is 11.2. The predicted octanol–water partition coefficient (Wildman–Crippen LogP) is 2.01. The van der Waals surface area contributed by atoms with Crippen LogP contribution in [0.1, 0.15) is 25.8 Å². The molecule has 102 valence electrons. The van der Waals surface area contributed by atoms with Crippen LogP contribution in [0.25, 0.3) is 0 Å². The van der Waals surface area contributed by atoms with Crippen LogP contribution >= 0.6 is 0 Å². The van der Waals surface area contributed by atoms with E-state index in [9.17, 15) is 4.79 Å². The van der Waals surface area contributed by atoms with Crippen molar-refractivity contribution in [2.75, 3.05) is 7.11 Å². The van der Waals surface area contributed by atoms with Crippen LogP contribution in [0.2, 0.25) is 0 Å². The average Bonchev–Trinajstić information content (AvgIpc) is 2.37. The predicted molar refractivity (Wildman–Crippen MR) is 70.8 cm³/mol. The van der Waals surface area contributed by atoms with Gasteiger partial charge in [0.15, 0.2) is 11.5 Å². The van der Waals surface area contributed by atoms with Gasteiger partial charge in [-0.1, -0.05) is 6.07 Å². The Hall–Kier alpha value is -2.22. The second-order valence-corrected chi connectivity index (χ2v) is 4.26. The third kappa shape index (κ3) is 4.88. The molecule has 1 amide bonds. The zero-order chi connectivity index (χ0) is 14.3. The van der Waals surface area contributed by atoms with Gasteiger partial charge >= 0.3 is 0 Å². The molecule has 0 bridgehead atoms. The zero-order valence-electron chi connectivity index (χ0n) is 11.4. The molecule has 1 N–H and O–H groups in total. The van der Waals surface area contributed by atoms with Gasteiger partial charge in [0.1, 0.15) is 6.42 Å². The van der Waals surface area contributed by atoms with E-state index in [4.69, 9.17) is 14.7 Å². The van der Waals surface area contributed by atoms with E-state index < -0.39 is 0 Å². The summed E-state index contributed by atoms with van der Waals surface area (Å²) in [7, 11) is 1.57. The Morgan fingerprint density at radius 1 is 1.42 bits per heavy atom. The highest BCUT2D eigenvalue weighted by atomic mass is 16.5. The standard InChI is InChI=1S/C14H18N2O3/c1-10(2)19-12-5-4-11(8-13(12)18-3)9-16-14(17)6-7-15/h4-5,8,10H,6,9H2,1-3H3,(H,16,17). The van der Waals surface area contributed by atoms with Gasteiger partial charge in [-0.2, -0.15) is 5.26 Å². The molecule has 19 heavy (non-hydrogen) atoms. The number of methoxy groups -OCH3 is 1. The molecule has 0 saturated heterocycles. The molecule has 0 aliphatic rings. The molecule has 0 heterocycles. The molecule has 0 spiro atoms. The summed E-state index contributed by atoms with van der Waals surface area (Å²) in [5, 5.41) is 11.0. The lowest BCUT2D eigenvalue weighted by Crippen LogP contribution is -2.21. The molecule has 1 aromatic rings. The first-order valence-electron chi connectivity index (χ1n) is 6.04. The lowest BCUT2D eigenvalue weighted by Gasteiger charge is -2.14. The van der Waals surface area contributed by atoms with Gasteiger partial charge in [0.2, 0.25) is 5.91 Å². The van der Waals surface area contributed by atoms with Crippen molar-refractivity contribution >= 4 is 5.91 Å². The van der Waals surface area contributed by atoms with Gasteiger partial charge in [-0.3, -0.25) is 4.79 Å². The quantitative estimate of drug-likeness (QED) is 0.851. The highest BCUT2D eigenvalue weighted by molar-refractivity contribution is 5.77. The van der Waals surface area contributed by atoms with E-state index in [2.05, 4.69) is 5.32 Å². The lowest BCUT2D eigenvalue weighted by atomic mass is 10.2. The molecule has 0 fully saturated rings. The van der Waals surface area contributed by atoms with Crippen LogP contribution in [0.3, 0.4) is 0 Å². The van der Waals surface area contributed by atoms with Gasteiger partial charge in [-0.15, -0.1) is 0 Å². The summed E-state index contributed by atoms with van der Waals surface area (Å²) in [4.78, 5) is 11.2. The molecule has 1 rings (SSSR count). The third-order valence-corrected chi connectivity index (χ3v) is 2.32. The monoisotopic (exact) mass is 262 g/mol. The van der Waals surface area contributed by atoms with E-state index in [1.54, 1.807) is 13.2 Å². The minimum absolute atomic E-state index is 0.0649. The van der Waals surface area contributed by atoms with E-state index in [0.29, 0.717) is 18.0 Å². The van der Waals surface area contributed by atoms with Crippen LogP contribution < -0.4 is 14.8 Å². The Morgan fingerprint density at radius 3 is 2.74 bits per heavy atom. The topological polar surface area (TPSA) is 71.3 Å². The van der Waals surface area contributed by atoms with Crippen LogP contribution in [0.15, 0.2) is 18.2 Å². The van der Waals surface area contributed by atoms with Crippen molar-refractivity contribution in [2.24, 2.45) is 0 Å². The molecule has 0 radical (unpaired) electrons. The fourth-order valence-corrected chi connectivity index (χ4v) is 1.51. The van der Waals surface area contributed by atoms with Crippen molar-refractivity contribution in [3.05, 3.63) is 23.8 Å². The molecule has 0 aliphatic carbocycles. The van der Waals surface area contributed by atoms with E-state index in [0.717, 1.165) is 5.56 Å². The van der Waals surface area contributed by atoms with Gasteiger partial charge < -0.3 is 14.8 Å². The molecule has 5 nitrogen and oxygen atoms in total. The molecule has 0 aromatic heterocycles. The number of hydrogen-bond donors (Lipinski definition) is 1. The average molecular weight is 262 g/mol. The SMILES string of the molecule is COc1cc(CNC(=O)CC#N)ccc1OC(C)C. The Morgan fingerprint density at radius 2 is 2.16 bits per heavy atom. The number of nitrogens with zero attached hydrogens (tertiary/aromatic N) is 1. The number of rotatable bonds is 6. The minimum Gasteiger partial charge on any atom is -0.493 e. The van der Waals surface area contributed by atoms with Crippen molar-refractivity contribution in [3.63, 3.8) is 0 Å². The van der Waals surface area contributed by atoms with Crippen molar-refractivity contribution in [3.8, 4) is 17.6 Å². The maximum absolute atomic E-state index is 11.2. The number of carbonyl (C=O) groups is 1. The summed E-state index contributed by atoms with van der Waals surface area (Å²) in [6.45, 7) is 4.24. The van der Waals surface area contributed by atoms with Crippen molar-refractivity contribution in [2.45, 2.75) is 32.9 Å². The van der Waals surface area contributed by atoms with Gasteiger partial charge in [-0.05, 0) is 31.5 Å². The summed E-state index contributed by atoms with van der Waals surface area (Å²) in [5.41, 5.74) is 0.888. The van der Waals surface area contributed by atoms with E-state index in [1.165, 1.54) is 0 Å². The summed E-state index contributed by atoms with van der Waals surface area (Å²) in [5.74, 6) is 1.01. The Balaban J connectivity index is 2.71. The van der Waals surface area contributed by atoms with Crippen LogP contribution in [-0.2, 0) is 11.3 Å². The molecule has 0 aliphatic heterocycles. The first-order valence-corrected chi connectivity index (χ1v) is 6.04. The van der Waals surface area contributed by atoms with Crippen LogP contribution in [0, 0.1) is 11.3 Å². The molecular formula is C14H18N2O3. The van der Waals surface area contributed by atoms with Crippen molar-refractivity contribution in [1.29, 1.82) is 5.26 Å². The summed E-state index contributed by atoms with van der Waals surface area (Å²) in [6.07, 6.45) is -0.0684. The van der Waals surface area contributed by atoms with Crippen molar-refractivity contribution < 1.29 is 14.3 Å². The molecule has 5 heteroatoms. The first kappa shape index (κ1) is 14.8. The van der Waals surface area contributed by atoms with Gasteiger partial charge in [0.25, 0.3) is 0 Å². The molecule has 0 atom stereocenters. The smallest absolute Gasteiger partial charge is 0.234 e.